The maximum Gasteiger partial charge on any atom is 0.321 e. The summed E-state index contributed by atoms with van der Waals surface area (Å²) in [4.78, 5) is 11.0. The summed E-state index contributed by atoms with van der Waals surface area (Å²) in [5.41, 5.74) is 0. The smallest absolute Gasteiger partial charge is 0.321 e. The van der Waals surface area contributed by atoms with Crippen molar-refractivity contribution < 1.29 is 23.1 Å². The maximum atomic E-state index is 11.8. The van der Waals surface area contributed by atoms with Gasteiger partial charge in [-0.25, -0.2) is 13.1 Å². The van der Waals surface area contributed by atoms with E-state index in [1.54, 1.807) is 6.92 Å². The second-order valence-electron chi connectivity index (χ2n) is 4.98. The van der Waals surface area contributed by atoms with Crippen LogP contribution in [0.3, 0.4) is 0 Å². The highest BCUT2D eigenvalue weighted by Crippen LogP contribution is 2.08. The van der Waals surface area contributed by atoms with Gasteiger partial charge in [-0.05, 0) is 18.3 Å². The molecule has 0 heterocycles. The summed E-state index contributed by atoms with van der Waals surface area (Å²) in [7, 11) is -2.11. The minimum atomic E-state index is -3.60. The van der Waals surface area contributed by atoms with Gasteiger partial charge in [0.15, 0.2) is 0 Å². The lowest BCUT2D eigenvalue weighted by atomic mass is 10.1. The normalized spacial score (nSPS) is 15.6. The number of carboxylic acid groups (broad SMARTS) is 1. The highest BCUT2D eigenvalue weighted by atomic mass is 32.2. The molecule has 0 aliphatic carbocycles. The van der Waals surface area contributed by atoms with Crippen molar-refractivity contribution in [1.82, 2.24) is 4.72 Å². The maximum absolute atomic E-state index is 11.8. The van der Waals surface area contributed by atoms with Crippen molar-refractivity contribution in [2.45, 2.75) is 33.2 Å². The Balaban J connectivity index is 4.56. The number of methoxy groups -OCH3 is 1. The molecule has 108 valence electrons. The number of hydrogen-bond donors (Lipinski definition) is 2. The van der Waals surface area contributed by atoms with Gasteiger partial charge in [-0.1, -0.05) is 20.8 Å². The quantitative estimate of drug-likeness (QED) is 0.648. The Morgan fingerprint density at radius 3 is 2.28 bits per heavy atom. The van der Waals surface area contributed by atoms with Gasteiger partial charge in [0, 0.05) is 13.7 Å². The van der Waals surface area contributed by atoms with Crippen LogP contribution < -0.4 is 4.72 Å². The fourth-order valence-corrected chi connectivity index (χ4v) is 3.21. The number of ether oxygens (including phenoxy) is 1. The number of aliphatic carboxylic acids is 1. The van der Waals surface area contributed by atoms with E-state index in [9.17, 15) is 13.2 Å². The van der Waals surface area contributed by atoms with Crippen LogP contribution in [-0.4, -0.2) is 45.0 Å². The molecule has 6 nitrogen and oxygen atoms in total. The molecule has 0 rings (SSSR count). The molecule has 18 heavy (non-hydrogen) atoms. The first-order valence-electron chi connectivity index (χ1n) is 5.89. The van der Waals surface area contributed by atoms with Gasteiger partial charge in [-0.3, -0.25) is 4.79 Å². The van der Waals surface area contributed by atoms with E-state index in [0.717, 1.165) is 0 Å². The standard InChI is InChI=1S/C11H23NO5S/c1-8(2)5-10(11(13)14)12-18(15,16)7-9(3)6-17-4/h8-10,12H,5-7H2,1-4H3,(H,13,14). The Labute approximate surface area is 109 Å². The van der Waals surface area contributed by atoms with Crippen molar-refractivity contribution in [1.29, 1.82) is 0 Å². The molecular weight excluding hydrogens is 258 g/mol. The van der Waals surface area contributed by atoms with E-state index in [4.69, 9.17) is 9.84 Å². The molecule has 0 bridgehead atoms. The Morgan fingerprint density at radius 1 is 1.33 bits per heavy atom. The number of carbonyl (C=O) groups is 1. The Kier molecular flexibility index (Phi) is 7.42. The third kappa shape index (κ3) is 7.62. The number of sulfonamides is 1. The van der Waals surface area contributed by atoms with Gasteiger partial charge in [-0.2, -0.15) is 0 Å². The summed E-state index contributed by atoms with van der Waals surface area (Å²) < 4.78 is 30.7. The van der Waals surface area contributed by atoms with Gasteiger partial charge >= 0.3 is 5.97 Å². The van der Waals surface area contributed by atoms with Crippen molar-refractivity contribution in [2.75, 3.05) is 19.5 Å². The summed E-state index contributed by atoms with van der Waals surface area (Å²) in [5, 5.41) is 8.97. The largest absolute Gasteiger partial charge is 0.480 e. The highest BCUT2D eigenvalue weighted by molar-refractivity contribution is 7.89. The van der Waals surface area contributed by atoms with Crippen molar-refractivity contribution in [3.05, 3.63) is 0 Å². The van der Waals surface area contributed by atoms with Crippen LogP contribution in [0.25, 0.3) is 0 Å². The van der Waals surface area contributed by atoms with Gasteiger partial charge < -0.3 is 9.84 Å². The number of nitrogens with one attached hydrogen (secondary N) is 1. The van der Waals surface area contributed by atoms with E-state index in [1.165, 1.54) is 7.11 Å². The molecule has 0 spiro atoms. The highest BCUT2D eigenvalue weighted by Gasteiger charge is 2.25. The molecular formula is C11H23NO5S. The summed E-state index contributed by atoms with van der Waals surface area (Å²) in [5.74, 6) is -1.36. The van der Waals surface area contributed by atoms with Crippen LogP contribution in [-0.2, 0) is 19.6 Å². The molecule has 0 saturated carbocycles. The predicted octanol–water partition coefficient (Wildman–Crippen LogP) is 0.688. The molecule has 0 radical (unpaired) electrons. The number of rotatable bonds is 9. The van der Waals surface area contributed by atoms with Crippen molar-refractivity contribution in [3.8, 4) is 0 Å². The first kappa shape index (κ1) is 17.3. The molecule has 0 aromatic carbocycles. The van der Waals surface area contributed by atoms with E-state index in [2.05, 4.69) is 4.72 Å². The first-order valence-corrected chi connectivity index (χ1v) is 7.55. The van der Waals surface area contributed by atoms with Crippen molar-refractivity contribution in [2.24, 2.45) is 11.8 Å². The summed E-state index contributed by atoms with van der Waals surface area (Å²) in [6, 6.07) is -1.07. The molecule has 0 saturated heterocycles. The summed E-state index contributed by atoms with van der Waals surface area (Å²) >= 11 is 0. The molecule has 0 aliphatic heterocycles. The van der Waals surface area contributed by atoms with E-state index < -0.39 is 22.0 Å². The average molecular weight is 281 g/mol. The van der Waals surface area contributed by atoms with Gasteiger partial charge in [-0.15, -0.1) is 0 Å². The molecule has 0 amide bonds. The first-order chi connectivity index (χ1) is 8.18. The third-order valence-electron chi connectivity index (χ3n) is 2.28. The van der Waals surface area contributed by atoms with Gasteiger partial charge in [0.05, 0.1) is 5.75 Å². The second kappa shape index (κ2) is 7.70. The second-order valence-corrected chi connectivity index (χ2v) is 6.78. The molecule has 0 aliphatic rings. The molecule has 0 fully saturated rings. The van der Waals surface area contributed by atoms with Gasteiger partial charge in [0.25, 0.3) is 0 Å². The zero-order valence-corrected chi connectivity index (χ0v) is 12.2. The van der Waals surface area contributed by atoms with Crippen LogP contribution in [0.15, 0.2) is 0 Å². The zero-order chi connectivity index (χ0) is 14.3. The topological polar surface area (TPSA) is 92.7 Å². The van der Waals surface area contributed by atoms with E-state index >= 15 is 0 Å². The summed E-state index contributed by atoms with van der Waals surface area (Å²) in [6.07, 6.45) is 0.271. The SMILES string of the molecule is COCC(C)CS(=O)(=O)NC(CC(C)C)C(=O)O. The van der Waals surface area contributed by atoms with E-state index in [-0.39, 0.29) is 24.0 Å². The van der Waals surface area contributed by atoms with Gasteiger partial charge in [0.1, 0.15) is 6.04 Å². The summed E-state index contributed by atoms with van der Waals surface area (Å²) in [6.45, 7) is 5.75. The molecule has 2 N–H and O–H groups in total. The fraction of sp³-hybridized carbons (Fsp3) is 0.909. The zero-order valence-electron chi connectivity index (χ0n) is 11.3. The van der Waals surface area contributed by atoms with Crippen LogP contribution in [0, 0.1) is 11.8 Å². The Hall–Kier alpha value is -0.660. The lowest BCUT2D eigenvalue weighted by molar-refractivity contribution is -0.139. The number of carboxylic acids is 1. The van der Waals surface area contributed by atoms with Crippen LogP contribution in [0.1, 0.15) is 27.2 Å². The Bertz CT molecular complexity index is 352. The predicted molar refractivity (Wildman–Crippen MR) is 68.8 cm³/mol. The molecule has 0 aromatic rings. The molecule has 2 unspecified atom stereocenters. The fourth-order valence-electron chi connectivity index (χ4n) is 1.64. The average Bonchev–Trinajstić information content (AvgIpc) is 2.14. The minimum absolute atomic E-state index is 0.102. The van der Waals surface area contributed by atoms with E-state index in [1.807, 2.05) is 13.8 Å². The van der Waals surface area contributed by atoms with Crippen molar-refractivity contribution >= 4 is 16.0 Å². The van der Waals surface area contributed by atoms with Crippen LogP contribution in [0.2, 0.25) is 0 Å². The lowest BCUT2D eigenvalue weighted by Gasteiger charge is -2.18. The monoisotopic (exact) mass is 281 g/mol. The van der Waals surface area contributed by atoms with E-state index in [0.29, 0.717) is 6.61 Å². The molecule has 2 atom stereocenters. The third-order valence-corrected chi connectivity index (χ3v) is 3.93. The van der Waals surface area contributed by atoms with Crippen LogP contribution >= 0.6 is 0 Å². The van der Waals surface area contributed by atoms with Crippen molar-refractivity contribution in [3.63, 3.8) is 0 Å². The van der Waals surface area contributed by atoms with Crippen LogP contribution in [0.4, 0.5) is 0 Å². The molecule has 7 heteroatoms. The van der Waals surface area contributed by atoms with Crippen LogP contribution in [0.5, 0.6) is 0 Å². The molecule has 0 aromatic heterocycles. The minimum Gasteiger partial charge on any atom is -0.480 e. The Morgan fingerprint density at radius 2 is 1.89 bits per heavy atom. The van der Waals surface area contributed by atoms with Gasteiger partial charge in [0.2, 0.25) is 10.0 Å². The number of hydrogen-bond acceptors (Lipinski definition) is 4. The lowest BCUT2D eigenvalue weighted by Crippen LogP contribution is -2.43.